The normalized spacial score (nSPS) is 21.8. The smallest absolute Gasteiger partial charge is 0.356 e. The topological polar surface area (TPSA) is 85.1 Å². The minimum Gasteiger partial charge on any atom is -0.476 e. The number of aromatic carboxylic acids is 1. The number of carboxylic acid groups (broad SMARTS) is 1. The third-order valence-corrected chi connectivity index (χ3v) is 3.81. The van der Waals surface area contributed by atoms with Crippen molar-refractivity contribution in [2.75, 3.05) is 32.2 Å². The van der Waals surface area contributed by atoms with E-state index in [1.165, 1.54) is 0 Å². The quantitative estimate of drug-likeness (QED) is 0.862. The molecule has 0 aromatic carbocycles. The molecule has 2 aromatic heterocycles. The second kappa shape index (κ2) is 5.34. The maximum absolute atomic E-state index is 11.5. The summed E-state index contributed by atoms with van der Waals surface area (Å²) in [6, 6.07) is 5.36. The monoisotopic (exact) mass is 291 g/mol. The van der Waals surface area contributed by atoms with Crippen LogP contribution in [0.25, 0.3) is 5.65 Å². The van der Waals surface area contributed by atoms with Crippen molar-refractivity contribution in [3.05, 3.63) is 30.1 Å². The number of carbonyl (C=O) groups is 1. The van der Waals surface area contributed by atoms with Crippen molar-refractivity contribution >= 4 is 17.4 Å². The number of imidazole rings is 1. The minimum atomic E-state index is -1.02. The van der Waals surface area contributed by atoms with Crippen LogP contribution in [0.15, 0.2) is 24.4 Å². The number of methoxy groups -OCH3 is 1. The Bertz CT molecular complexity index is 661. The summed E-state index contributed by atoms with van der Waals surface area (Å²) in [5, 5.41) is 12.5. The average molecular weight is 291 g/mol. The highest BCUT2D eigenvalue weighted by molar-refractivity contribution is 5.92. The Morgan fingerprint density at radius 1 is 1.62 bits per heavy atom. The Morgan fingerprint density at radius 2 is 2.48 bits per heavy atom. The van der Waals surface area contributed by atoms with Crippen LogP contribution in [0.2, 0.25) is 0 Å². The first-order chi connectivity index (χ1) is 10.2. The van der Waals surface area contributed by atoms with Crippen LogP contribution in [-0.4, -0.2) is 52.9 Å². The number of ether oxygens (including phenoxy) is 2. The van der Waals surface area contributed by atoms with E-state index in [0.717, 1.165) is 6.42 Å². The van der Waals surface area contributed by atoms with E-state index in [0.29, 0.717) is 31.2 Å². The SMILES string of the molecule is COC1(CNc2nc3ccccn3c2C(=O)O)CCOC1. The Hall–Kier alpha value is -2.12. The first-order valence-electron chi connectivity index (χ1n) is 6.72. The third kappa shape index (κ3) is 2.45. The molecular formula is C14H17N3O4. The summed E-state index contributed by atoms with van der Waals surface area (Å²) < 4.78 is 12.4. The van der Waals surface area contributed by atoms with E-state index >= 15 is 0 Å². The van der Waals surface area contributed by atoms with E-state index in [1.54, 1.807) is 29.8 Å². The maximum atomic E-state index is 11.5. The van der Waals surface area contributed by atoms with Crippen molar-refractivity contribution in [3.8, 4) is 0 Å². The van der Waals surface area contributed by atoms with Gasteiger partial charge in [-0.15, -0.1) is 0 Å². The fraction of sp³-hybridized carbons (Fsp3) is 0.429. The Labute approximate surface area is 121 Å². The average Bonchev–Trinajstić information content (AvgIpc) is 3.09. The molecule has 2 N–H and O–H groups in total. The summed E-state index contributed by atoms with van der Waals surface area (Å²) in [6.07, 6.45) is 2.45. The molecule has 21 heavy (non-hydrogen) atoms. The van der Waals surface area contributed by atoms with Crippen LogP contribution in [0.1, 0.15) is 16.9 Å². The van der Waals surface area contributed by atoms with E-state index < -0.39 is 11.6 Å². The highest BCUT2D eigenvalue weighted by Gasteiger charge is 2.35. The molecule has 0 saturated carbocycles. The van der Waals surface area contributed by atoms with Crippen LogP contribution in [-0.2, 0) is 9.47 Å². The number of carboxylic acids is 1. The van der Waals surface area contributed by atoms with Gasteiger partial charge in [-0.1, -0.05) is 6.07 Å². The first kappa shape index (κ1) is 13.8. The summed E-state index contributed by atoms with van der Waals surface area (Å²) in [5.41, 5.74) is 0.285. The number of nitrogens with zero attached hydrogens (tertiary/aromatic N) is 2. The Kier molecular flexibility index (Phi) is 3.52. The standard InChI is InChI=1S/C14H17N3O4/c1-20-14(5-7-21-9-14)8-15-12-11(13(18)19)17-6-3-2-4-10(17)16-12/h2-4,6,15H,5,7-9H2,1H3,(H,18,19). The molecule has 3 rings (SSSR count). The van der Waals surface area contributed by atoms with E-state index in [9.17, 15) is 9.90 Å². The molecule has 1 aliphatic heterocycles. The first-order valence-corrected chi connectivity index (χ1v) is 6.72. The second-order valence-electron chi connectivity index (χ2n) is 5.09. The molecule has 0 aliphatic carbocycles. The van der Waals surface area contributed by atoms with Gasteiger partial charge in [0.25, 0.3) is 0 Å². The molecule has 0 spiro atoms. The Morgan fingerprint density at radius 3 is 3.14 bits per heavy atom. The highest BCUT2D eigenvalue weighted by atomic mass is 16.5. The molecule has 2 aromatic rings. The van der Waals surface area contributed by atoms with Crippen molar-refractivity contribution < 1.29 is 19.4 Å². The molecule has 0 amide bonds. The second-order valence-corrected chi connectivity index (χ2v) is 5.09. The molecular weight excluding hydrogens is 274 g/mol. The van der Waals surface area contributed by atoms with E-state index in [1.807, 2.05) is 6.07 Å². The van der Waals surface area contributed by atoms with Gasteiger partial charge in [-0.2, -0.15) is 0 Å². The van der Waals surface area contributed by atoms with Gasteiger partial charge in [-0.25, -0.2) is 9.78 Å². The summed E-state index contributed by atoms with van der Waals surface area (Å²) in [7, 11) is 1.64. The van der Waals surface area contributed by atoms with Crippen molar-refractivity contribution in [1.82, 2.24) is 9.38 Å². The van der Waals surface area contributed by atoms with Gasteiger partial charge < -0.3 is 19.9 Å². The van der Waals surface area contributed by atoms with Crippen LogP contribution in [0.4, 0.5) is 5.82 Å². The van der Waals surface area contributed by atoms with Crippen LogP contribution in [0.3, 0.4) is 0 Å². The number of aromatic nitrogens is 2. The van der Waals surface area contributed by atoms with Crippen LogP contribution in [0, 0.1) is 0 Å². The third-order valence-electron chi connectivity index (χ3n) is 3.81. The maximum Gasteiger partial charge on any atom is 0.356 e. The zero-order valence-corrected chi connectivity index (χ0v) is 11.7. The van der Waals surface area contributed by atoms with E-state index in [4.69, 9.17) is 9.47 Å². The summed E-state index contributed by atoms with van der Waals surface area (Å²) in [4.78, 5) is 15.8. The van der Waals surface area contributed by atoms with Crippen molar-refractivity contribution in [2.24, 2.45) is 0 Å². The number of hydrogen-bond acceptors (Lipinski definition) is 5. The Balaban J connectivity index is 1.90. The molecule has 7 nitrogen and oxygen atoms in total. The molecule has 1 fully saturated rings. The fourth-order valence-electron chi connectivity index (χ4n) is 2.53. The summed E-state index contributed by atoms with van der Waals surface area (Å²) in [5.74, 6) is -0.678. The predicted molar refractivity (Wildman–Crippen MR) is 75.8 cm³/mol. The highest BCUT2D eigenvalue weighted by Crippen LogP contribution is 2.24. The summed E-state index contributed by atoms with van der Waals surface area (Å²) >= 11 is 0. The lowest BCUT2D eigenvalue weighted by Gasteiger charge is -2.25. The molecule has 7 heteroatoms. The van der Waals surface area contributed by atoms with Gasteiger partial charge in [-0.05, 0) is 12.1 Å². The molecule has 0 bridgehead atoms. The molecule has 1 unspecified atom stereocenters. The number of fused-ring (bicyclic) bond motifs is 1. The molecule has 112 valence electrons. The van der Waals surface area contributed by atoms with Crippen LogP contribution in [0.5, 0.6) is 0 Å². The zero-order chi connectivity index (χ0) is 14.9. The van der Waals surface area contributed by atoms with Gasteiger partial charge in [-0.3, -0.25) is 4.40 Å². The van der Waals surface area contributed by atoms with Gasteiger partial charge in [0.05, 0.1) is 6.61 Å². The van der Waals surface area contributed by atoms with E-state index in [2.05, 4.69) is 10.3 Å². The van der Waals surface area contributed by atoms with Gasteiger partial charge >= 0.3 is 5.97 Å². The fourth-order valence-corrected chi connectivity index (χ4v) is 2.53. The number of pyridine rings is 1. The van der Waals surface area contributed by atoms with Gasteiger partial charge in [0.1, 0.15) is 11.2 Å². The van der Waals surface area contributed by atoms with Gasteiger partial charge in [0, 0.05) is 32.9 Å². The summed E-state index contributed by atoms with van der Waals surface area (Å²) in [6.45, 7) is 1.59. The van der Waals surface area contributed by atoms with E-state index in [-0.39, 0.29) is 5.69 Å². The number of hydrogen-bond donors (Lipinski definition) is 2. The lowest BCUT2D eigenvalue weighted by Crippen LogP contribution is -2.39. The molecule has 0 radical (unpaired) electrons. The minimum absolute atomic E-state index is 0.121. The molecule has 1 atom stereocenters. The van der Waals surface area contributed by atoms with Crippen LogP contribution >= 0.6 is 0 Å². The molecule has 1 aliphatic rings. The van der Waals surface area contributed by atoms with Gasteiger partial charge in [0.15, 0.2) is 11.5 Å². The lowest BCUT2D eigenvalue weighted by molar-refractivity contribution is -0.00627. The molecule has 1 saturated heterocycles. The lowest BCUT2D eigenvalue weighted by atomic mass is 10.0. The zero-order valence-electron chi connectivity index (χ0n) is 11.7. The van der Waals surface area contributed by atoms with Gasteiger partial charge in [0.2, 0.25) is 0 Å². The number of rotatable bonds is 5. The molecule has 3 heterocycles. The number of anilines is 1. The van der Waals surface area contributed by atoms with Crippen LogP contribution < -0.4 is 5.32 Å². The van der Waals surface area contributed by atoms with Crippen molar-refractivity contribution in [3.63, 3.8) is 0 Å². The van der Waals surface area contributed by atoms with Crippen molar-refractivity contribution in [2.45, 2.75) is 12.0 Å². The number of nitrogens with one attached hydrogen (secondary N) is 1. The predicted octanol–water partition coefficient (Wildman–Crippen LogP) is 1.25. The van der Waals surface area contributed by atoms with Crippen molar-refractivity contribution in [1.29, 1.82) is 0 Å². The largest absolute Gasteiger partial charge is 0.476 e.